The van der Waals surface area contributed by atoms with E-state index in [0.29, 0.717) is 29.3 Å². The maximum absolute atomic E-state index is 14.4. The van der Waals surface area contributed by atoms with Crippen LogP contribution in [0.25, 0.3) is 17.6 Å². The van der Waals surface area contributed by atoms with Gasteiger partial charge in [-0.1, -0.05) is 6.92 Å². The van der Waals surface area contributed by atoms with Crippen LogP contribution >= 0.6 is 0 Å². The largest absolute Gasteiger partial charge is 0.377 e. The van der Waals surface area contributed by atoms with E-state index >= 15 is 0 Å². The molecule has 2 aliphatic rings. The zero-order valence-electron chi connectivity index (χ0n) is 20.2. The zero-order valence-corrected chi connectivity index (χ0v) is 20.2. The fourth-order valence-corrected chi connectivity index (χ4v) is 4.67. The van der Waals surface area contributed by atoms with E-state index in [9.17, 15) is 9.18 Å². The highest BCUT2D eigenvalue weighted by atomic mass is 19.1. The quantitative estimate of drug-likeness (QED) is 0.501. The number of nitrogens with one attached hydrogen (secondary N) is 3. The second kappa shape index (κ2) is 9.63. The number of rotatable bonds is 6. The number of likely N-dealkylation sites (N-methyl/N-ethyl adjacent to an activating group) is 1. The van der Waals surface area contributed by atoms with E-state index in [1.165, 1.54) is 17.7 Å². The van der Waals surface area contributed by atoms with Crippen LogP contribution < -0.4 is 10.2 Å². The average molecular weight is 480 g/mol. The predicted octanol–water partition coefficient (Wildman–Crippen LogP) is 3.31. The van der Waals surface area contributed by atoms with Crippen molar-refractivity contribution in [3.8, 4) is 11.5 Å². The van der Waals surface area contributed by atoms with Crippen molar-refractivity contribution < 1.29 is 13.9 Å². The van der Waals surface area contributed by atoms with Crippen LogP contribution in [0.5, 0.6) is 0 Å². The summed E-state index contributed by atoms with van der Waals surface area (Å²) in [6.45, 7) is 5.45. The van der Waals surface area contributed by atoms with Gasteiger partial charge in [0.2, 0.25) is 0 Å². The average Bonchev–Trinajstić information content (AvgIpc) is 3.49. The summed E-state index contributed by atoms with van der Waals surface area (Å²) >= 11 is 0. The van der Waals surface area contributed by atoms with Crippen molar-refractivity contribution in [3.05, 3.63) is 52.7 Å². The monoisotopic (exact) mass is 479 g/mol. The minimum atomic E-state index is -0.441. The van der Waals surface area contributed by atoms with Gasteiger partial charge < -0.3 is 24.8 Å². The molecule has 2 aromatic heterocycles. The number of carbonyl (C=O) groups excluding carboxylic acids is 1. The Kier molecular flexibility index (Phi) is 6.40. The number of amides is 1. The second-order valence-corrected chi connectivity index (χ2v) is 9.04. The van der Waals surface area contributed by atoms with Crippen LogP contribution in [0.15, 0.2) is 30.0 Å². The number of piperazine rings is 1. The number of halogens is 1. The van der Waals surface area contributed by atoms with E-state index in [4.69, 9.17) is 9.72 Å². The number of fused-ring (bicyclic) bond motifs is 1. The number of methoxy groups -OCH3 is 1. The van der Waals surface area contributed by atoms with Gasteiger partial charge in [-0.25, -0.2) is 9.37 Å². The van der Waals surface area contributed by atoms with E-state index in [1.807, 2.05) is 6.08 Å². The molecule has 1 aromatic carbocycles. The Balaban J connectivity index is 1.37. The van der Waals surface area contributed by atoms with Crippen molar-refractivity contribution in [2.45, 2.75) is 25.9 Å². The normalized spacial score (nSPS) is 18.3. The molecule has 1 aliphatic carbocycles. The Morgan fingerprint density at radius 3 is 2.80 bits per heavy atom. The molecule has 1 fully saturated rings. The molecule has 184 valence electrons. The van der Waals surface area contributed by atoms with Crippen molar-refractivity contribution in [1.82, 2.24) is 25.1 Å². The van der Waals surface area contributed by atoms with Crippen molar-refractivity contribution in [2.24, 2.45) is 0 Å². The van der Waals surface area contributed by atoms with Gasteiger partial charge in [0.15, 0.2) is 11.5 Å². The first-order chi connectivity index (χ1) is 16.9. The molecule has 0 bridgehead atoms. The highest BCUT2D eigenvalue weighted by molar-refractivity contribution is 6.06. The van der Waals surface area contributed by atoms with Gasteiger partial charge in [0.25, 0.3) is 5.91 Å². The summed E-state index contributed by atoms with van der Waals surface area (Å²) in [5, 5.41) is 9.96. The van der Waals surface area contributed by atoms with Crippen LogP contribution in [-0.2, 0) is 11.2 Å². The number of anilines is 2. The van der Waals surface area contributed by atoms with Crippen molar-refractivity contribution in [2.75, 3.05) is 50.6 Å². The SMILES string of the molecule is CCC1=Cc2nc(-c3n[nH]cc3NC(=O)c3cc(F)cc(N4CCN(C)CC4)c3)[nH]c2CC1OC. The molecule has 0 spiro atoms. The summed E-state index contributed by atoms with van der Waals surface area (Å²) in [5.74, 6) is -0.303. The highest BCUT2D eigenvalue weighted by Crippen LogP contribution is 2.31. The summed E-state index contributed by atoms with van der Waals surface area (Å²) in [6.07, 6.45) is 5.24. The summed E-state index contributed by atoms with van der Waals surface area (Å²) in [4.78, 5) is 25.4. The highest BCUT2D eigenvalue weighted by Gasteiger charge is 2.25. The smallest absolute Gasteiger partial charge is 0.255 e. The molecular weight excluding hydrogens is 449 g/mol. The Labute approximate surface area is 203 Å². The molecule has 9 nitrogen and oxygen atoms in total. The number of hydrogen-bond donors (Lipinski definition) is 3. The number of ether oxygens (including phenoxy) is 1. The third-order valence-electron chi connectivity index (χ3n) is 6.75. The zero-order chi connectivity index (χ0) is 24.5. The molecule has 0 saturated carbocycles. The first-order valence-electron chi connectivity index (χ1n) is 11.9. The molecule has 3 N–H and O–H groups in total. The Morgan fingerprint density at radius 1 is 1.26 bits per heavy atom. The number of H-pyrrole nitrogens is 2. The topological polar surface area (TPSA) is 102 Å². The van der Waals surface area contributed by atoms with Gasteiger partial charge in [-0.15, -0.1) is 0 Å². The lowest BCUT2D eigenvalue weighted by Crippen LogP contribution is -2.44. The molecule has 5 rings (SSSR count). The fourth-order valence-electron chi connectivity index (χ4n) is 4.67. The van der Waals surface area contributed by atoms with Crippen LogP contribution in [0.4, 0.5) is 15.8 Å². The molecule has 1 saturated heterocycles. The van der Waals surface area contributed by atoms with E-state index in [2.05, 4.69) is 44.3 Å². The second-order valence-electron chi connectivity index (χ2n) is 9.04. The summed E-state index contributed by atoms with van der Waals surface area (Å²) < 4.78 is 20.0. The fraction of sp³-hybridized carbons (Fsp3) is 0.400. The predicted molar refractivity (Wildman–Crippen MR) is 133 cm³/mol. The number of carbonyl (C=O) groups is 1. The van der Waals surface area contributed by atoms with Gasteiger partial charge >= 0.3 is 0 Å². The lowest BCUT2D eigenvalue weighted by Gasteiger charge is -2.34. The van der Waals surface area contributed by atoms with Gasteiger partial charge in [0, 0.05) is 62.9 Å². The van der Waals surface area contributed by atoms with Crippen LogP contribution in [0.1, 0.15) is 35.1 Å². The summed E-state index contributed by atoms with van der Waals surface area (Å²) in [5.41, 5.74) is 4.93. The number of benzene rings is 1. The van der Waals surface area contributed by atoms with Crippen LogP contribution in [0.2, 0.25) is 0 Å². The first kappa shape index (κ1) is 23.3. The Hall–Kier alpha value is -3.50. The third-order valence-corrected chi connectivity index (χ3v) is 6.75. The minimum Gasteiger partial charge on any atom is -0.377 e. The van der Waals surface area contributed by atoms with E-state index in [-0.39, 0.29) is 11.7 Å². The molecule has 0 radical (unpaired) electrons. The van der Waals surface area contributed by atoms with Crippen molar-refractivity contribution in [3.63, 3.8) is 0 Å². The standard InChI is InChI=1S/C25H30FN7O2/c1-4-15-11-19-20(13-22(15)35-3)29-24(28-19)23-21(14-27-31-23)30-25(34)16-9-17(26)12-18(10-16)33-7-5-32(2)6-8-33/h9-12,14,22H,4-8,13H2,1-3H3,(H,27,31)(H,28,29)(H,30,34). The van der Waals surface area contributed by atoms with Crippen LogP contribution in [0.3, 0.4) is 0 Å². The van der Waals surface area contributed by atoms with Crippen molar-refractivity contribution in [1.29, 1.82) is 0 Å². The maximum atomic E-state index is 14.4. The molecule has 1 atom stereocenters. The molecule has 1 unspecified atom stereocenters. The lowest BCUT2D eigenvalue weighted by molar-refractivity contribution is 0.102. The van der Waals surface area contributed by atoms with E-state index < -0.39 is 11.7 Å². The third kappa shape index (κ3) is 4.71. The van der Waals surface area contributed by atoms with E-state index in [0.717, 1.165) is 44.0 Å². The van der Waals surface area contributed by atoms with Crippen molar-refractivity contribution >= 4 is 23.4 Å². The molecule has 1 amide bonds. The number of hydrogen-bond acceptors (Lipinski definition) is 6. The van der Waals surface area contributed by atoms with Crippen LogP contribution in [0, 0.1) is 5.82 Å². The molecular formula is C25H30FN7O2. The summed E-state index contributed by atoms with van der Waals surface area (Å²) in [7, 11) is 3.77. The summed E-state index contributed by atoms with van der Waals surface area (Å²) in [6, 6.07) is 4.46. The van der Waals surface area contributed by atoms with Gasteiger partial charge in [-0.2, -0.15) is 5.10 Å². The molecule has 10 heteroatoms. The van der Waals surface area contributed by atoms with Crippen LogP contribution in [-0.4, -0.2) is 77.4 Å². The van der Waals surface area contributed by atoms with E-state index in [1.54, 1.807) is 19.4 Å². The first-order valence-corrected chi connectivity index (χ1v) is 11.9. The molecule has 1 aliphatic heterocycles. The van der Waals surface area contributed by atoms with Gasteiger partial charge in [-0.3, -0.25) is 9.89 Å². The van der Waals surface area contributed by atoms with Gasteiger partial charge in [0.05, 0.1) is 17.5 Å². The van der Waals surface area contributed by atoms with Gasteiger partial charge in [0.1, 0.15) is 5.82 Å². The number of imidazole rings is 1. The number of aromatic nitrogens is 4. The maximum Gasteiger partial charge on any atom is 0.255 e. The minimum absolute atomic E-state index is 0.0154. The number of aromatic amines is 2. The Morgan fingerprint density at radius 2 is 2.06 bits per heavy atom. The molecule has 3 heterocycles. The Bertz CT molecular complexity index is 1260. The molecule has 35 heavy (non-hydrogen) atoms. The van der Waals surface area contributed by atoms with Gasteiger partial charge in [-0.05, 0) is 43.3 Å². The molecule has 3 aromatic rings. The number of nitrogens with zero attached hydrogens (tertiary/aromatic N) is 4. The lowest BCUT2D eigenvalue weighted by atomic mass is 9.95.